The third-order valence-corrected chi connectivity index (χ3v) is 12.5. The first-order valence-electron chi connectivity index (χ1n) is 17.5. The SMILES string of the molecule is CCC1OC(=O)C(C)C(C(C)C)C(C)C(OC2OC(C)CC(N(C)C)C2P=O)C2(C)CC(=O)OC(C(C)C2)C(C)C2OC(=O)OC12C. The molecule has 0 radical (unpaired) electrons. The van der Waals surface area contributed by atoms with Gasteiger partial charge in [-0.25, -0.2) is 4.79 Å². The summed E-state index contributed by atoms with van der Waals surface area (Å²) in [7, 11) is 3.86. The summed E-state index contributed by atoms with van der Waals surface area (Å²) >= 11 is 0. The molecule has 0 amide bonds. The van der Waals surface area contributed by atoms with Crippen LogP contribution in [-0.4, -0.2) is 91.2 Å². The summed E-state index contributed by atoms with van der Waals surface area (Å²) in [6.07, 6.45) is -2.82. The monoisotopic (exact) mass is 683 g/mol. The van der Waals surface area contributed by atoms with E-state index < -0.39 is 71.3 Å². The van der Waals surface area contributed by atoms with Crippen LogP contribution in [0.5, 0.6) is 0 Å². The van der Waals surface area contributed by atoms with Crippen molar-refractivity contribution in [3.8, 4) is 0 Å². The van der Waals surface area contributed by atoms with Gasteiger partial charge >= 0.3 is 18.1 Å². The molecule has 15 atom stereocenters. The molecule has 12 heteroatoms. The van der Waals surface area contributed by atoms with Gasteiger partial charge in [0.15, 0.2) is 26.5 Å². The molecule has 47 heavy (non-hydrogen) atoms. The third kappa shape index (κ3) is 7.39. The van der Waals surface area contributed by atoms with Crippen molar-refractivity contribution in [2.45, 2.75) is 149 Å². The number of carbonyl (C=O) groups is 3. The van der Waals surface area contributed by atoms with Crippen LogP contribution >= 0.6 is 8.46 Å². The van der Waals surface area contributed by atoms with E-state index in [1.807, 2.05) is 41.8 Å². The molecule has 2 bridgehead atoms. The molecule has 0 saturated carbocycles. The van der Waals surface area contributed by atoms with Crippen molar-refractivity contribution in [1.29, 1.82) is 0 Å². The lowest BCUT2D eigenvalue weighted by Crippen LogP contribution is -2.57. The van der Waals surface area contributed by atoms with Crippen LogP contribution in [0.2, 0.25) is 0 Å². The van der Waals surface area contributed by atoms with Gasteiger partial charge in [0.05, 0.1) is 24.5 Å². The van der Waals surface area contributed by atoms with Crippen LogP contribution in [0, 0.1) is 40.9 Å². The maximum Gasteiger partial charge on any atom is 0.509 e. The van der Waals surface area contributed by atoms with E-state index in [1.54, 1.807) is 6.92 Å². The minimum atomic E-state index is -1.28. The fourth-order valence-electron chi connectivity index (χ4n) is 9.63. The van der Waals surface area contributed by atoms with Crippen molar-refractivity contribution in [2.24, 2.45) is 40.9 Å². The zero-order chi connectivity index (χ0) is 35.2. The lowest BCUT2D eigenvalue weighted by molar-refractivity contribution is -0.252. The molecule has 4 aliphatic rings. The molecule has 4 saturated heterocycles. The van der Waals surface area contributed by atoms with E-state index in [1.165, 1.54) is 0 Å². The maximum absolute atomic E-state index is 14.1. The highest BCUT2D eigenvalue weighted by atomic mass is 31.1. The molecule has 15 unspecified atom stereocenters. The highest BCUT2D eigenvalue weighted by molar-refractivity contribution is 7.24. The Hall–Kier alpha value is -1.81. The molecule has 11 nitrogen and oxygen atoms in total. The second-order valence-corrected chi connectivity index (χ2v) is 16.7. The van der Waals surface area contributed by atoms with Gasteiger partial charge in [-0.2, -0.15) is 0 Å². The molecule has 268 valence electrons. The van der Waals surface area contributed by atoms with Gasteiger partial charge in [0.2, 0.25) is 0 Å². The Morgan fingerprint density at radius 3 is 2.23 bits per heavy atom. The number of cyclic esters (lactones) is 1. The smallest absolute Gasteiger partial charge is 0.462 e. The van der Waals surface area contributed by atoms with Crippen molar-refractivity contribution in [3.63, 3.8) is 0 Å². The number of hydrogen-bond acceptors (Lipinski definition) is 11. The molecule has 4 heterocycles. The Bertz CT molecular complexity index is 1170. The Morgan fingerprint density at radius 2 is 1.66 bits per heavy atom. The first kappa shape index (κ1) is 38.0. The van der Waals surface area contributed by atoms with Crippen LogP contribution in [-0.2, 0) is 42.6 Å². The summed E-state index contributed by atoms with van der Waals surface area (Å²) in [6.45, 7) is 19.7. The summed E-state index contributed by atoms with van der Waals surface area (Å²) in [5.74, 6) is -2.39. The van der Waals surface area contributed by atoms with Crippen LogP contribution in [0.15, 0.2) is 0 Å². The molecule has 4 fully saturated rings. The van der Waals surface area contributed by atoms with Gasteiger partial charge in [0, 0.05) is 17.4 Å². The van der Waals surface area contributed by atoms with Gasteiger partial charge in [0.1, 0.15) is 17.9 Å². The second kappa shape index (κ2) is 14.6. The normalized spacial score (nSPS) is 46.7. The lowest BCUT2D eigenvalue weighted by atomic mass is 9.63. The molecular weight excluding hydrogens is 625 g/mol. The summed E-state index contributed by atoms with van der Waals surface area (Å²) in [4.78, 5) is 42.7. The Kier molecular flexibility index (Phi) is 11.8. The highest BCUT2D eigenvalue weighted by Crippen LogP contribution is 2.50. The van der Waals surface area contributed by atoms with E-state index in [-0.39, 0.29) is 56.7 Å². The Morgan fingerprint density at radius 1 is 1.00 bits per heavy atom. The van der Waals surface area contributed by atoms with Crippen LogP contribution in [0.25, 0.3) is 0 Å². The molecule has 0 N–H and O–H groups in total. The number of hydrogen-bond donors (Lipinski definition) is 0. The van der Waals surface area contributed by atoms with Gasteiger partial charge < -0.3 is 33.3 Å². The van der Waals surface area contributed by atoms with E-state index in [0.717, 1.165) is 0 Å². The fraction of sp³-hybridized carbons (Fsp3) is 0.914. The van der Waals surface area contributed by atoms with E-state index in [4.69, 9.17) is 28.4 Å². The number of nitrogens with zero attached hydrogens (tertiary/aromatic N) is 1. The van der Waals surface area contributed by atoms with Crippen molar-refractivity contribution in [3.05, 3.63) is 0 Å². The van der Waals surface area contributed by atoms with Crippen LogP contribution in [0.3, 0.4) is 0 Å². The van der Waals surface area contributed by atoms with Gasteiger partial charge in [-0.3, -0.25) is 14.2 Å². The minimum absolute atomic E-state index is 0.0308. The maximum atomic E-state index is 14.1. The molecule has 0 spiro atoms. The molecule has 4 aliphatic heterocycles. The summed E-state index contributed by atoms with van der Waals surface area (Å²) in [6, 6.07) is -0.0424. The third-order valence-electron chi connectivity index (χ3n) is 11.7. The van der Waals surface area contributed by atoms with Crippen LogP contribution < -0.4 is 0 Å². The second-order valence-electron chi connectivity index (χ2n) is 15.9. The van der Waals surface area contributed by atoms with E-state index in [0.29, 0.717) is 19.3 Å². The average molecular weight is 684 g/mol. The molecular formula is C35H58NO10P. The number of fused-ring (bicyclic) bond motifs is 4. The molecule has 0 aromatic carbocycles. The van der Waals surface area contributed by atoms with E-state index in [9.17, 15) is 18.9 Å². The predicted octanol–water partition coefficient (Wildman–Crippen LogP) is 6.26. The van der Waals surface area contributed by atoms with E-state index in [2.05, 4.69) is 39.5 Å². The summed E-state index contributed by atoms with van der Waals surface area (Å²) in [5.41, 5.74) is -2.47. The van der Waals surface area contributed by atoms with Gasteiger partial charge in [-0.1, -0.05) is 55.4 Å². The molecule has 0 aromatic heterocycles. The number of esters is 2. The number of carbonyl (C=O) groups excluding carboxylic acids is 3. The molecule has 0 aromatic rings. The first-order valence-corrected chi connectivity index (χ1v) is 18.4. The average Bonchev–Trinajstić information content (AvgIpc) is 3.23. The van der Waals surface area contributed by atoms with Gasteiger partial charge in [-0.05, 0) is 70.9 Å². The largest absolute Gasteiger partial charge is 0.509 e. The topological polar surface area (TPSA) is 127 Å². The number of rotatable bonds is 6. The van der Waals surface area contributed by atoms with E-state index >= 15 is 0 Å². The molecule has 0 aliphatic carbocycles. The summed E-state index contributed by atoms with van der Waals surface area (Å²) < 4.78 is 50.2. The van der Waals surface area contributed by atoms with Crippen molar-refractivity contribution >= 4 is 26.6 Å². The Balaban J connectivity index is 1.87. The quantitative estimate of drug-likeness (QED) is 0.179. The zero-order valence-electron chi connectivity index (χ0n) is 30.4. The van der Waals surface area contributed by atoms with Crippen LogP contribution in [0.1, 0.15) is 94.9 Å². The van der Waals surface area contributed by atoms with Crippen molar-refractivity contribution in [2.75, 3.05) is 14.1 Å². The predicted molar refractivity (Wildman–Crippen MR) is 175 cm³/mol. The van der Waals surface area contributed by atoms with Gasteiger partial charge in [0.25, 0.3) is 0 Å². The molecule has 4 rings (SSSR count). The number of ether oxygens (including phenoxy) is 6. The van der Waals surface area contributed by atoms with Gasteiger partial charge in [-0.15, -0.1) is 0 Å². The van der Waals surface area contributed by atoms with Crippen LogP contribution in [0.4, 0.5) is 4.79 Å². The highest BCUT2D eigenvalue weighted by Gasteiger charge is 2.60. The first-order chi connectivity index (χ1) is 21.9. The standard InChI is InChI=1S/C35H58NO10P/c1-13-24-35(10)30(45-33(39)46-35)22(8)27-18(4)15-34(9,16-25(37)43-27)29(20(6)26(17(2)3)21(7)31(38)42-24)44-32-28(47-40)23(36(11)12)14-19(5)41-32/h17-24,26-30,32H,13-16H2,1-12H3. The lowest BCUT2D eigenvalue weighted by Gasteiger charge is -2.49. The summed E-state index contributed by atoms with van der Waals surface area (Å²) in [5, 5.41) is 0. The van der Waals surface area contributed by atoms with Crippen molar-refractivity contribution in [1.82, 2.24) is 4.90 Å². The Labute approximate surface area is 282 Å². The fourth-order valence-corrected chi connectivity index (χ4v) is 10.4. The minimum Gasteiger partial charge on any atom is -0.462 e. The van der Waals surface area contributed by atoms with Crippen molar-refractivity contribution < 1.29 is 47.4 Å². The zero-order valence-corrected chi connectivity index (χ0v) is 31.3.